The highest BCUT2D eigenvalue weighted by molar-refractivity contribution is 4.88. The van der Waals surface area contributed by atoms with E-state index in [0.29, 0.717) is 0 Å². The highest BCUT2D eigenvalue weighted by Gasteiger charge is 2.43. The second-order valence-electron chi connectivity index (χ2n) is 2.68. The monoisotopic (exact) mass is 183 g/mol. The van der Waals surface area contributed by atoms with Gasteiger partial charge in [0.1, 0.15) is 24.4 Å². The molecule has 5 nitrogen and oxygen atoms in total. The van der Waals surface area contributed by atoms with Gasteiger partial charge in [0.05, 0.1) is 6.61 Å². The summed E-state index contributed by atoms with van der Waals surface area (Å²) in [7, 11) is 0. The van der Waals surface area contributed by atoms with Crippen LogP contribution in [0.3, 0.4) is 0 Å². The molecule has 1 aliphatic heterocycles. The topological polar surface area (TPSA) is 90.2 Å². The number of alkyl halides is 1. The smallest absolute Gasteiger partial charge is 0.228 e. The minimum absolute atomic E-state index is 0.606. The van der Waals surface area contributed by atoms with Gasteiger partial charge in [-0.3, -0.25) is 0 Å². The van der Waals surface area contributed by atoms with Crippen molar-refractivity contribution in [2.45, 2.75) is 30.8 Å². The first-order valence-corrected chi connectivity index (χ1v) is 3.52. The zero-order valence-electron chi connectivity index (χ0n) is 6.17. The first-order valence-electron chi connectivity index (χ1n) is 3.52. The molecular formula is C6H11FO5. The highest BCUT2D eigenvalue weighted by Crippen LogP contribution is 2.21. The average molecular weight is 183 g/mol. The zero-order valence-corrected chi connectivity index (χ0v) is 6.17. The van der Waals surface area contributed by atoms with Crippen LogP contribution in [0.25, 0.3) is 0 Å². The normalized spacial score (nSPS) is 49.2. The van der Waals surface area contributed by atoms with Gasteiger partial charge in [-0.25, -0.2) is 4.39 Å². The summed E-state index contributed by atoms with van der Waals surface area (Å²) < 4.78 is 16.9. The molecule has 0 aromatic heterocycles. The van der Waals surface area contributed by atoms with Crippen molar-refractivity contribution in [3.63, 3.8) is 0 Å². The lowest BCUT2D eigenvalue weighted by atomic mass is 10.0. The third-order valence-corrected chi connectivity index (χ3v) is 1.83. The van der Waals surface area contributed by atoms with Crippen LogP contribution in [0, 0.1) is 0 Å². The summed E-state index contributed by atoms with van der Waals surface area (Å²) in [5.74, 6) is 0. The van der Waals surface area contributed by atoms with Crippen molar-refractivity contribution in [1.29, 1.82) is 0 Å². The van der Waals surface area contributed by atoms with Crippen molar-refractivity contribution in [3.8, 4) is 0 Å². The van der Waals surface area contributed by atoms with Gasteiger partial charge < -0.3 is 25.2 Å². The van der Waals surface area contributed by atoms with Crippen molar-refractivity contribution in [2.75, 3.05) is 6.61 Å². The van der Waals surface area contributed by atoms with Crippen LogP contribution < -0.4 is 0 Å². The van der Waals surface area contributed by atoms with Crippen molar-refractivity contribution in [3.05, 3.63) is 0 Å². The number of aliphatic hydroxyl groups excluding tert-OH is 4. The lowest BCUT2D eigenvalue weighted by Crippen LogP contribution is -2.57. The molecule has 1 fully saturated rings. The molecule has 0 aromatic rings. The largest absolute Gasteiger partial charge is 0.394 e. The van der Waals surface area contributed by atoms with E-state index in [9.17, 15) is 4.39 Å². The summed E-state index contributed by atoms with van der Waals surface area (Å²) in [4.78, 5) is 0. The van der Waals surface area contributed by atoms with Gasteiger partial charge in [-0.05, 0) is 0 Å². The number of aliphatic hydroxyl groups is 4. The van der Waals surface area contributed by atoms with E-state index in [2.05, 4.69) is 4.74 Å². The minimum atomic E-state index is -2.07. The van der Waals surface area contributed by atoms with Crippen LogP contribution in [-0.2, 0) is 4.74 Å². The summed E-state index contributed by atoms with van der Waals surface area (Å²) in [5, 5.41) is 35.4. The van der Waals surface area contributed by atoms with Gasteiger partial charge in [0.2, 0.25) is 6.36 Å². The Balaban J connectivity index is 2.63. The second-order valence-corrected chi connectivity index (χ2v) is 2.68. The van der Waals surface area contributed by atoms with Gasteiger partial charge in [0.25, 0.3) is 0 Å². The Hall–Kier alpha value is -0.270. The Bertz CT molecular complexity index is 150. The molecule has 1 aliphatic rings. The predicted molar refractivity (Wildman–Crippen MR) is 34.9 cm³/mol. The molecule has 12 heavy (non-hydrogen) atoms. The maximum Gasteiger partial charge on any atom is 0.228 e. The molecule has 0 amide bonds. The quantitative estimate of drug-likeness (QED) is 0.345. The Kier molecular flexibility index (Phi) is 2.97. The maximum absolute atomic E-state index is 12.6. The van der Waals surface area contributed by atoms with Crippen LogP contribution in [0.4, 0.5) is 4.39 Å². The number of ether oxygens (including phenoxy) is 1. The molecule has 1 heterocycles. The Morgan fingerprint density at radius 3 is 2.17 bits per heavy atom. The number of hydrogen-bond donors (Lipinski definition) is 4. The fourth-order valence-electron chi connectivity index (χ4n) is 1.06. The SMILES string of the molecule is OC[C@H]1O[13C@H](F)[C@H](O)[C@@H](O)[C@@H]1O. The van der Waals surface area contributed by atoms with E-state index in [1.54, 1.807) is 0 Å². The third kappa shape index (κ3) is 1.57. The van der Waals surface area contributed by atoms with E-state index in [1.807, 2.05) is 0 Å². The number of halogens is 1. The van der Waals surface area contributed by atoms with Gasteiger partial charge in [-0.15, -0.1) is 0 Å². The van der Waals surface area contributed by atoms with E-state index < -0.39 is 37.4 Å². The van der Waals surface area contributed by atoms with Gasteiger partial charge >= 0.3 is 0 Å². The summed E-state index contributed by atoms with van der Waals surface area (Å²) in [6.07, 6.45) is -8.09. The van der Waals surface area contributed by atoms with Crippen LogP contribution in [0.1, 0.15) is 0 Å². The Morgan fingerprint density at radius 2 is 1.67 bits per heavy atom. The van der Waals surface area contributed by atoms with E-state index in [4.69, 9.17) is 20.4 Å². The van der Waals surface area contributed by atoms with Crippen LogP contribution in [0.5, 0.6) is 0 Å². The molecule has 0 unspecified atom stereocenters. The van der Waals surface area contributed by atoms with Crippen molar-refractivity contribution in [2.24, 2.45) is 0 Å². The summed E-state index contributed by atoms with van der Waals surface area (Å²) in [5.41, 5.74) is 0. The first-order chi connectivity index (χ1) is 5.57. The minimum Gasteiger partial charge on any atom is -0.394 e. The number of hydrogen-bond acceptors (Lipinski definition) is 5. The van der Waals surface area contributed by atoms with Gasteiger partial charge in [-0.1, -0.05) is 0 Å². The predicted octanol–water partition coefficient (Wildman–Crippen LogP) is -2.24. The molecule has 1 rings (SSSR count). The van der Waals surface area contributed by atoms with Crippen molar-refractivity contribution < 1.29 is 29.6 Å². The Morgan fingerprint density at radius 1 is 1.08 bits per heavy atom. The molecule has 0 spiro atoms. The van der Waals surface area contributed by atoms with Gasteiger partial charge in [-0.2, -0.15) is 0 Å². The first kappa shape index (κ1) is 9.82. The molecule has 6 heteroatoms. The molecule has 0 bridgehead atoms. The molecule has 4 N–H and O–H groups in total. The van der Waals surface area contributed by atoms with Crippen LogP contribution in [-0.4, -0.2) is 57.8 Å². The van der Waals surface area contributed by atoms with E-state index in [-0.39, 0.29) is 0 Å². The molecule has 1 saturated heterocycles. The lowest BCUT2D eigenvalue weighted by Gasteiger charge is -2.36. The summed E-state index contributed by atoms with van der Waals surface area (Å²) in [6.45, 7) is -0.606. The summed E-state index contributed by atoms with van der Waals surface area (Å²) >= 11 is 0. The zero-order chi connectivity index (χ0) is 9.30. The van der Waals surface area contributed by atoms with E-state index >= 15 is 0 Å². The fraction of sp³-hybridized carbons (Fsp3) is 1.00. The highest BCUT2D eigenvalue weighted by atomic mass is 19.2. The number of rotatable bonds is 1. The molecule has 0 radical (unpaired) electrons. The molecule has 0 saturated carbocycles. The standard InChI is InChI=1S/C6H11FO5/c7-6-5(11)4(10)3(9)2(1-8)12-6/h2-6,8-11H,1H2/t2-,3-,4+,5-,6+/m1/s1/i6+1. The van der Waals surface area contributed by atoms with Crippen molar-refractivity contribution >= 4 is 0 Å². The molecule has 0 aromatic carbocycles. The second kappa shape index (κ2) is 3.63. The van der Waals surface area contributed by atoms with Gasteiger partial charge in [0.15, 0.2) is 0 Å². The van der Waals surface area contributed by atoms with Crippen LogP contribution >= 0.6 is 0 Å². The van der Waals surface area contributed by atoms with Crippen LogP contribution in [0.2, 0.25) is 0 Å². The maximum atomic E-state index is 12.6. The average Bonchev–Trinajstić information content (AvgIpc) is 2.08. The lowest BCUT2D eigenvalue weighted by molar-refractivity contribution is -0.262. The third-order valence-electron chi connectivity index (χ3n) is 1.83. The Labute approximate surface area is 68.0 Å². The molecule has 0 aliphatic carbocycles. The van der Waals surface area contributed by atoms with E-state index in [0.717, 1.165) is 0 Å². The van der Waals surface area contributed by atoms with E-state index in [1.165, 1.54) is 0 Å². The summed E-state index contributed by atoms with van der Waals surface area (Å²) in [6, 6.07) is 0. The molecule has 5 atom stereocenters. The van der Waals surface area contributed by atoms with Crippen molar-refractivity contribution in [1.82, 2.24) is 0 Å². The molecular weight excluding hydrogens is 172 g/mol. The van der Waals surface area contributed by atoms with Gasteiger partial charge in [0, 0.05) is 0 Å². The molecule has 72 valence electrons. The van der Waals surface area contributed by atoms with Crippen LogP contribution in [0.15, 0.2) is 0 Å². The fourth-order valence-corrected chi connectivity index (χ4v) is 1.06.